The molecule has 0 fully saturated rings. The van der Waals surface area contributed by atoms with E-state index in [1.807, 2.05) is 0 Å². The van der Waals surface area contributed by atoms with Crippen molar-refractivity contribution in [2.75, 3.05) is 13.2 Å². The van der Waals surface area contributed by atoms with Crippen molar-refractivity contribution in [2.24, 2.45) is 0 Å². The fraction of sp³-hybridized carbons (Fsp3) is 0.727. The minimum atomic E-state index is -0.312. The van der Waals surface area contributed by atoms with E-state index in [-0.39, 0.29) is 35.8 Å². The molecule has 0 aromatic carbocycles. The second-order valence-corrected chi connectivity index (χ2v) is 6.28. The molecule has 0 unspecified atom stereocenters. The molecular formula is C22H40O4Sn. The zero-order valence-electron chi connectivity index (χ0n) is 17.6. The van der Waals surface area contributed by atoms with E-state index >= 15 is 0 Å². The molecule has 0 atom stereocenters. The van der Waals surface area contributed by atoms with E-state index in [0.29, 0.717) is 13.2 Å². The van der Waals surface area contributed by atoms with Crippen LogP contribution in [-0.4, -0.2) is 49.1 Å². The van der Waals surface area contributed by atoms with Gasteiger partial charge in [0.1, 0.15) is 0 Å². The fourth-order valence-electron chi connectivity index (χ4n) is 2.23. The van der Waals surface area contributed by atoms with Gasteiger partial charge < -0.3 is 9.47 Å². The first-order valence-electron chi connectivity index (χ1n) is 10.2. The van der Waals surface area contributed by atoms with E-state index in [2.05, 4.69) is 27.0 Å². The monoisotopic (exact) mass is 488 g/mol. The van der Waals surface area contributed by atoms with Crippen LogP contribution in [0.2, 0.25) is 0 Å². The summed E-state index contributed by atoms with van der Waals surface area (Å²) in [5.41, 5.74) is 0. The van der Waals surface area contributed by atoms with E-state index in [4.69, 9.17) is 9.47 Å². The number of unbranched alkanes of at least 4 members (excludes halogenated alkanes) is 10. The molecule has 4 radical (unpaired) electrons. The average molecular weight is 487 g/mol. The maximum absolute atomic E-state index is 10.6. The smallest absolute Gasteiger partial charge is 0.330 e. The van der Waals surface area contributed by atoms with Gasteiger partial charge in [-0.05, 0) is 12.8 Å². The van der Waals surface area contributed by atoms with Crippen molar-refractivity contribution in [3.05, 3.63) is 25.3 Å². The predicted octanol–water partition coefficient (Wildman–Crippen LogP) is 5.77. The number of esters is 2. The average Bonchev–Trinajstić information content (AvgIpc) is 2.66. The van der Waals surface area contributed by atoms with Crippen LogP contribution < -0.4 is 0 Å². The van der Waals surface area contributed by atoms with Crippen LogP contribution in [0.15, 0.2) is 25.3 Å². The molecule has 0 heterocycles. The summed E-state index contributed by atoms with van der Waals surface area (Å²) in [5, 5.41) is 0. The molecule has 0 aliphatic carbocycles. The Balaban J connectivity index is -0.000000411. The van der Waals surface area contributed by atoms with E-state index in [1.165, 1.54) is 63.5 Å². The molecule has 0 N–H and O–H groups in total. The van der Waals surface area contributed by atoms with E-state index in [0.717, 1.165) is 25.7 Å². The van der Waals surface area contributed by atoms with Crippen molar-refractivity contribution < 1.29 is 19.1 Å². The van der Waals surface area contributed by atoms with Gasteiger partial charge in [0.25, 0.3) is 0 Å². The molecule has 0 spiro atoms. The standard InChI is InChI=1S/2C11H20O2.Sn/c2*1-3-5-6-7-8-9-10-13-11(12)4-2;/h2*4H,2-3,5-10H2,1H3;. The number of ether oxygens (including phenoxy) is 2. The second kappa shape index (κ2) is 27.4. The van der Waals surface area contributed by atoms with Crippen LogP contribution in [0.4, 0.5) is 0 Å². The zero-order valence-corrected chi connectivity index (χ0v) is 20.5. The minimum absolute atomic E-state index is 0. The van der Waals surface area contributed by atoms with Crippen molar-refractivity contribution in [3.63, 3.8) is 0 Å². The molecule has 0 aromatic rings. The van der Waals surface area contributed by atoms with Gasteiger partial charge in [-0.1, -0.05) is 91.2 Å². The summed E-state index contributed by atoms with van der Waals surface area (Å²) in [6.45, 7) is 12.1. The summed E-state index contributed by atoms with van der Waals surface area (Å²) in [4.78, 5) is 21.2. The number of carbonyl (C=O) groups excluding carboxylic acids is 2. The van der Waals surface area contributed by atoms with Crippen LogP contribution in [0.3, 0.4) is 0 Å². The Morgan fingerprint density at radius 1 is 0.630 bits per heavy atom. The van der Waals surface area contributed by atoms with E-state index < -0.39 is 0 Å². The summed E-state index contributed by atoms with van der Waals surface area (Å²) >= 11 is 0. The molecule has 0 saturated carbocycles. The Kier molecular flexibility index (Phi) is 31.4. The predicted molar refractivity (Wildman–Crippen MR) is 115 cm³/mol. The molecule has 0 aliphatic heterocycles. The number of hydrogen-bond donors (Lipinski definition) is 0. The molecule has 0 aromatic heterocycles. The second-order valence-electron chi connectivity index (χ2n) is 6.28. The van der Waals surface area contributed by atoms with Gasteiger partial charge in [-0.3, -0.25) is 0 Å². The van der Waals surface area contributed by atoms with Crippen molar-refractivity contribution in [2.45, 2.75) is 90.9 Å². The third kappa shape index (κ3) is 30.2. The molecule has 156 valence electrons. The molecule has 0 amide bonds. The topological polar surface area (TPSA) is 52.6 Å². The molecule has 4 nitrogen and oxygen atoms in total. The zero-order chi connectivity index (χ0) is 19.9. The van der Waals surface area contributed by atoms with Crippen molar-refractivity contribution in [1.29, 1.82) is 0 Å². The Bertz CT molecular complexity index is 322. The molecule has 27 heavy (non-hydrogen) atoms. The van der Waals surface area contributed by atoms with Crippen LogP contribution >= 0.6 is 0 Å². The van der Waals surface area contributed by atoms with E-state index in [9.17, 15) is 9.59 Å². The van der Waals surface area contributed by atoms with Gasteiger partial charge in [-0.15, -0.1) is 0 Å². The molecule has 5 heteroatoms. The van der Waals surface area contributed by atoms with Gasteiger partial charge in [-0.25, -0.2) is 9.59 Å². The van der Waals surface area contributed by atoms with Gasteiger partial charge >= 0.3 is 11.9 Å². The van der Waals surface area contributed by atoms with Gasteiger partial charge in [0.2, 0.25) is 0 Å². The molecule has 0 bridgehead atoms. The quantitative estimate of drug-likeness (QED) is 0.120. The number of rotatable bonds is 16. The Labute approximate surface area is 184 Å². The van der Waals surface area contributed by atoms with Crippen LogP contribution in [0.1, 0.15) is 90.9 Å². The molecular weight excluding hydrogens is 447 g/mol. The van der Waals surface area contributed by atoms with Crippen LogP contribution in [-0.2, 0) is 19.1 Å². The Hall–Kier alpha value is -0.781. The molecule has 0 rings (SSSR count). The van der Waals surface area contributed by atoms with Gasteiger partial charge in [0.15, 0.2) is 0 Å². The number of carbonyl (C=O) groups is 2. The van der Waals surface area contributed by atoms with Crippen LogP contribution in [0, 0.1) is 0 Å². The normalized spacial score (nSPS) is 9.26. The van der Waals surface area contributed by atoms with E-state index in [1.54, 1.807) is 0 Å². The third-order valence-corrected chi connectivity index (χ3v) is 3.82. The van der Waals surface area contributed by atoms with Gasteiger partial charge in [-0.2, -0.15) is 0 Å². The van der Waals surface area contributed by atoms with Crippen molar-refractivity contribution in [3.8, 4) is 0 Å². The van der Waals surface area contributed by atoms with Gasteiger partial charge in [0.05, 0.1) is 13.2 Å². The maximum Gasteiger partial charge on any atom is 0.330 e. The van der Waals surface area contributed by atoms with Crippen LogP contribution in [0.5, 0.6) is 0 Å². The largest absolute Gasteiger partial charge is 0.463 e. The minimum Gasteiger partial charge on any atom is -0.463 e. The summed E-state index contributed by atoms with van der Waals surface area (Å²) < 4.78 is 9.68. The Morgan fingerprint density at radius 3 is 1.22 bits per heavy atom. The maximum atomic E-state index is 10.6. The summed E-state index contributed by atoms with van der Waals surface area (Å²) in [5.74, 6) is -0.623. The van der Waals surface area contributed by atoms with Gasteiger partial charge in [0, 0.05) is 36.1 Å². The molecule has 0 saturated heterocycles. The Morgan fingerprint density at radius 2 is 0.926 bits per heavy atom. The first-order valence-corrected chi connectivity index (χ1v) is 10.2. The summed E-state index contributed by atoms with van der Waals surface area (Å²) in [6.07, 6.45) is 16.9. The number of hydrogen-bond acceptors (Lipinski definition) is 4. The summed E-state index contributed by atoms with van der Waals surface area (Å²) in [7, 11) is 0. The first-order chi connectivity index (χ1) is 12.6. The first kappa shape index (κ1) is 30.9. The summed E-state index contributed by atoms with van der Waals surface area (Å²) in [6, 6.07) is 0. The van der Waals surface area contributed by atoms with Crippen molar-refractivity contribution in [1.82, 2.24) is 0 Å². The molecule has 0 aliphatic rings. The fourth-order valence-corrected chi connectivity index (χ4v) is 2.23. The van der Waals surface area contributed by atoms with Crippen molar-refractivity contribution >= 4 is 35.8 Å². The third-order valence-electron chi connectivity index (χ3n) is 3.82. The van der Waals surface area contributed by atoms with Crippen LogP contribution in [0.25, 0.3) is 0 Å². The SMILES string of the molecule is C=CC(=O)OCCCCCCCC.C=CC(=O)OCCCCCCCC.[Sn].